The Kier molecular flexibility index (Phi) is 6.00. The first-order chi connectivity index (χ1) is 15.4. The van der Waals surface area contributed by atoms with Crippen molar-refractivity contribution in [1.82, 2.24) is 4.98 Å². The molecule has 0 bridgehead atoms. The highest BCUT2D eigenvalue weighted by Crippen LogP contribution is 2.38. The van der Waals surface area contributed by atoms with Crippen molar-refractivity contribution in [3.63, 3.8) is 0 Å². The predicted molar refractivity (Wildman–Crippen MR) is 123 cm³/mol. The monoisotopic (exact) mass is 453 g/mol. The Balaban J connectivity index is 1.54. The maximum atomic E-state index is 12.8. The number of fused-ring (bicyclic) bond motifs is 1. The molecule has 1 N–H and O–H groups in total. The number of benzene rings is 2. The van der Waals surface area contributed by atoms with Crippen LogP contribution in [0.1, 0.15) is 22.8 Å². The van der Waals surface area contributed by atoms with Gasteiger partial charge in [-0.05, 0) is 36.2 Å². The lowest BCUT2D eigenvalue weighted by molar-refractivity contribution is -0.116. The van der Waals surface area contributed by atoms with Gasteiger partial charge in [-0.3, -0.25) is 14.9 Å². The average molecular weight is 454 g/mol. The molecule has 1 aromatic heterocycles. The van der Waals surface area contributed by atoms with Crippen molar-refractivity contribution < 1.29 is 23.8 Å². The van der Waals surface area contributed by atoms with Gasteiger partial charge in [0.2, 0.25) is 11.7 Å². The van der Waals surface area contributed by atoms with E-state index in [2.05, 4.69) is 16.4 Å². The molecule has 0 radical (unpaired) electrons. The van der Waals surface area contributed by atoms with Crippen LogP contribution in [-0.2, 0) is 11.2 Å². The topological polar surface area (TPSA) is 90.0 Å². The second-order valence-corrected chi connectivity index (χ2v) is 8.03. The van der Waals surface area contributed by atoms with Crippen LogP contribution in [0.2, 0.25) is 0 Å². The van der Waals surface area contributed by atoms with Crippen molar-refractivity contribution in [2.45, 2.75) is 13.3 Å². The minimum absolute atomic E-state index is 0.0435. The van der Waals surface area contributed by atoms with Gasteiger partial charge in [0.05, 0.1) is 27.0 Å². The highest BCUT2D eigenvalue weighted by atomic mass is 32.1. The van der Waals surface area contributed by atoms with Crippen molar-refractivity contribution in [2.75, 3.05) is 38.1 Å². The van der Waals surface area contributed by atoms with Gasteiger partial charge in [0, 0.05) is 35.7 Å². The van der Waals surface area contributed by atoms with E-state index in [1.54, 1.807) is 24.0 Å². The first-order valence-electron chi connectivity index (χ1n) is 9.93. The van der Waals surface area contributed by atoms with Gasteiger partial charge < -0.3 is 19.1 Å². The van der Waals surface area contributed by atoms with E-state index < -0.39 is 0 Å². The Bertz CT molecular complexity index is 1170. The Labute approximate surface area is 189 Å². The van der Waals surface area contributed by atoms with E-state index in [0.29, 0.717) is 34.5 Å². The van der Waals surface area contributed by atoms with E-state index in [0.717, 1.165) is 28.9 Å². The summed E-state index contributed by atoms with van der Waals surface area (Å²) < 4.78 is 15.9. The van der Waals surface area contributed by atoms with Crippen LogP contribution in [0.3, 0.4) is 0 Å². The molecule has 2 heterocycles. The molecular formula is C23H23N3O5S. The van der Waals surface area contributed by atoms with E-state index in [9.17, 15) is 9.59 Å². The van der Waals surface area contributed by atoms with Crippen LogP contribution in [0, 0.1) is 0 Å². The van der Waals surface area contributed by atoms with Crippen molar-refractivity contribution in [3.8, 4) is 28.5 Å². The predicted octanol–water partition coefficient (Wildman–Crippen LogP) is 4.00. The number of anilines is 2. The third-order valence-corrected chi connectivity index (χ3v) is 6.06. The lowest BCUT2D eigenvalue weighted by Crippen LogP contribution is -2.25. The zero-order valence-corrected chi connectivity index (χ0v) is 19.0. The van der Waals surface area contributed by atoms with Gasteiger partial charge >= 0.3 is 0 Å². The van der Waals surface area contributed by atoms with Gasteiger partial charge in [-0.15, -0.1) is 11.3 Å². The van der Waals surface area contributed by atoms with Gasteiger partial charge in [-0.25, -0.2) is 4.98 Å². The number of amides is 2. The van der Waals surface area contributed by atoms with Crippen LogP contribution in [0.5, 0.6) is 17.2 Å². The Morgan fingerprint density at radius 1 is 1.06 bits per heavy atom. The van der Waals surface area contributed by atoms with Gasteiger partial charge in [0.15, 0.2) is 16.6 Å². The molecular weight excluding hydrogens is 430 g/mol. The van der Waals surface area contributed by atoms with Gasteiger partial charge in [0.1, 0.15) is 0 Å². The average Bonchev–Trinajstić information content (AvgIpc) is 3.44. The molecule has 3 aromatic rings. The molecule has 2 aromatic carbocycles. The number of hydrogen-bond donors (Lipinski definition) is 1. The van der Waals surface area contributed by atoms with Crippen molar-refractivity contribution in [3.05, 3.63) is 46.8 Å². The molecule has 1 aliphatic heterocycles. The lowest BCUT2D eigenvalue weighted by atomic mass is 10.1. The first kappa shape index (κ1) is 21.6. The minimum atomic E-state index is -0.337. The fourth-order valence-corrected chi connectivity index (χ4v) is 4.45. The van der Waals surface area contributed by atoms with Gasteiger partial charge in [-0.2, -0.15) is 0 Å². The smallest absolute Gasteiger partial charge is 0.257 e. The SMILES string of the molecule is COc1cc(C(=O)Nc2nc(-c3ccc4c(c3)CCN4C(C)=O)cs2)cc(OC)c1OC. The van der Waals surface area contributed by atoms with Crippen LogP contribution in [0.25, 0.3) is 11.3 Å². The van der Waals surface area contributed by atoms with E-state index in [1.807, 2.05) is 17.5 Å². The summed E-state index contributed by atoms with van der Waals surface area (Å²) in [5.74, 6) is 0.922. The number of nitrogens with zero attached hydrogens (tertiary/aromatic N) is 2. The van der Waals surface area contributed by atoms with Gasteiger partial charge in [0.25, 0.3) is 5.91 Å². The van der Waals surface area contributed by atoms with Crippen LogP contribution >= 0.6 is 11.3 Å². The van der Waals surface area contributed by atoms with E-state index in [4.69, 9.17) is 14.2 Å². The third kappa shape index (κ3) is 3.99. The summed E-state index contributed by atoms with van der Waals surface area (Å²) in [7, 11) is 4.50. The van der Waals surface area contributed by atoms with Gasteiger partial charge in [-0.1, -0.05) is 6.07 Å². The Hall–Kier alpha value is -3.59. The summed E-state index contributed by atoms with van der Waals surface area (Å²) in [4.78, 5) is 30.9. The molecule has 0 atom stereocenters. The van der Waals surface area contributed by atoms with E-state index in [1.165, 1.54) is 32.7 Å². The van der Waals surface area contributed by atoms with Crippen LogP contribution < -0.4 is 24.4 Å². The maximum absolute atomic E-state index is 12.8. The number of hydrogen-bond acceptors (Lipinski definition) is 7. The number of aromatic nitrogens is 1. The zero-order chi connectivity index (χ0) is 22.8. The van der Waals surface area contributed by atoms with Crippen molar-refractivity contribution in [2.24, 2.45) is 0 Å². The molecule has 0 fully saturated rings. The number of rotatable bonds is 6. The van der Waals surface area contributed by atoms with Crippen molar-refractivity contribution >= 4 is 34.0 Å². The summed E-state index contributed by atoms with van der Waals surface area (Å²) in [5, 5.41) is 5.20. The summed E-state index contributed by atoms with van der Waals surface area (Å²) >= 11 is 1.34. The largest absolute Gasteiger partial charge is 0.493 e. The van der Waals surface area contributed by atoms with E-state index >= 15 is 0 Å². The maximum Gasteiger partial charge on any atom is 0.257 e. The Morgan fingerprint density at radius 3 is 2.41 bits per heavy atom. The van der Waals surface area contributed by atoms with E-state index in [-0.39, 0.29) is 11.8 Å². The molecule has 8 nitrogen and oxygen atoms in total. The first-order valence-corrected chi connectivity index (χ1v) is 10.8. The molecule has 0 saturated carbocycles. The second kappa shape index (κ2) is 8.88. The third-order valence-electron chi connectivity index (χ3n) is 5.30. The minimum Gasteiger partial charge on any atom is -0.493 e. The number of carbonyl (C=O) groups is 2. The molecule has 2 amide bonds. The molecule has 0 aliphatic carbocycles. The molecule has 0 unspecified atom stereocenters. The molecule has 0 saturated heterocycles. The molecule has 4 rings (SSSR count). The summed E-state index contributed by atoms with van der Waals surface area (Å²) in [6.07, 6.45) is 0.817. The summed E-state index contributed by atoms with van der Waals surface area (Å²) in [6.45, 7) is 2.27. The van der Waals surface area contributed by atoms with Crippen LogP contribution in [0.4, 0.5) is 10.8 Å². The van der Waals surface area contributed by atoms with Crippen LogP contribution in [0.15, 0.2) is 35.7 Å². The normalized spacial score (nSPS) is 12.3. The quantitative estimate of drug-likeness (QED) is 0.607. The molecule has 0 spiro atoms. The number of thiazole rings is 1. The highest BCUT2D eigenvalue weighted by Gasteiger charge is 2.23. The molecule has 1 aliphatic rings. The molecule has 32 heavy (non-hydrogen) atoms. The number of nitrogens with one attached hydrogen (secondary N) is 1. The number of carbonyl (C=O) groups excluding carboxylic acids is 2. The number of ether oxygens (including phenoxy) is 3. The standard InChI is InChI=1S/C23H23N3O5S/c1-13(27)26-8-7-15-9-14(5-6-18(15)26)17-12-32-23(24-17)25-22(28)16-10-19(29-2)21(31-4)20(11-16)30-3/h5-6,9-12H,7-8H2,1-4H3,(H,24,25,28). The zero-order valence-electron chi connectivity index (χ0n) is 18.2. The Morgan fingerprint density at radius 2 is 1.78 bits per heavy atom. The fraction of sp³-hybridized carbons (Fsp3) is 0.261. The van der Waals surface area contributed by atoms with Crippen molar-refractivity contribution in [1.29, 1.82) is 0 Å². The lowest BCUT2D eigenvalue weighted by Gasteiger charge is -2.14. The molecule has 9 heteroatoms. The van der Waals surface area contributed by atoms with Crippen LogP contribution in [-0.4, -0.2) is 44.7 Å². The summed E-state index contributed by atoms with van der Waals surface area (Å²) in [6, 6.07) is 9.13. The fourth-order valence-electron chi connectivity index (χ4n) is 3.73. The number of methoxy groups -OCH3 is 3. The second-order valence-electron chi connectivity index (χ2n) is 7.17. The summed E-state index contributed by atoms with van der Waals surface area (Å²) in [5.41, 5.74) is 4.14. The molecule has 166 valence electrons. The highest BCUT2D eigenvalue weighted by molar-refractivity contribution is 7.14.